The van der Waals surface area contributed by atoms with Crippen LogP contribution in [0.2, 0.25) is 5.02 Å². The number of hydrogen-bond acceptors (Lipinski definition) is 6. The lowest BCUT2D eigenvalue weighted by Gasteiger charge is -2.23. The average Bonchev–Trinajstić information content (AvgIpc) is 3.31. The Morgan fingerprint density at radius 2 is 1.74 bits per heavy atom. The third kappa shape index (κ3) is 5.44. The van der Waals surface area contributed by atoms with Crippen LogP contribution < -0.4 is 9.46 Å². The van der Waals surface area contributed by atoms with Gasteiger partial charge >= 0.3 is 0 Å². The summed E-state index contributed by atoms with van der Waals surface area (Å²) < 4.78 is 60.1. The molecule has 1 heterocycles. The number of hydrazone groups is 1. The van der Waals surface area contributed by atoms with Crippen molar-refractivity contribution in [1.82, 2.24) is 4.41 Å². The normalized spacial score (nSPS) is 16.1. The van der Waals surface area contributed by atoms with Crippen molar-refractivity contribution in [3.8, 4) is 5.75 Å². The van der Waals surface area contributed by atoms with Gasteiger partial charge in [0.1, 0.15) is 5.75 Å². The first kappa shape index (κ1) is 25.0. The third-order valence-electron chi connectivity index (χ3n) is 5.56. The van der Waals surface area contributed by atoms with E-state index in [0.29, 0.717) is 27.7 Å². The number of nitrogens with one attached hydrogen (secondary N) is 1. The van der Waals surface area contributed by atoms with Crippen LogP contribution in [-0.4, -0.2) is 39.8 Å². The minimum Gasteiger partial charge on any atom is -0.497 e. The van der Waals surface area contributed by atoms with Crippen molar-refractivity contribution >= 4 is 43.0 Å². The Balaban J connectivity index is 1.77. The zero-order valence-electron chi connectivity index (χ0n) is 19.0. The summed E-state index contributed by atoms with van der Waals surface area (Å²) in [6.45, 7) is 1.55. The van der Waals surface area contributed by atoms with Gasteiger partial charge in [0.15, 0.2) is 0 Å². The maximum absolute atomic E-state index is 13.6. The van der Waals surface area contributed by atoms with Gasteiger partial charge in [0.05, 0.1) is 29.5 Å². The van der Waals surface area contributed by atoms with Gasteiger partial charge in [-0.1, -0.05) is 41.9 Å². The third-order valence-corrected chi connectivity index (χ3v) is 8.78. The molecular weight excluding hydrogens is 510 g/mol. The van der Waals surface area contributed by atoms with Crippen LogP contribution in [0.15, 0.2) is 82.8 Å². The summed E-state index contributed by atoms with van der Waals surface area (Å²) >= 11 is 6.06. The molecule has 0 radical (unpaired) electrons. The molecule has 0 spiro atoms. The molecule has 0 amide bonds. The Morgan fingerprint density at radius 3 is 2.40 bits per heavy atom. The minimum absolute atomic E-state index is 0.0259. The summed E-state index contributed by atoms with van der Waals surface area (Å²) in [6.07, 6.45) is 0.288. The summed E-state index contributed by atoms with van der Waals surface area (Å²) in [4.78, 5) is 0.0259. The fraction of sp³-hybridized carbons (Fsp3) is 0.208. The van der Waals surface area contributed by atoms with E-state index < -0.39 is 26.1 Å². The van der Waals surface area contributed by atoms with E-state index in [4.69, 9.17) is 16.3 Å². The van der Waals surface area contributed by atoms with Gasteiger partial charge < -0.3 is 4.74 Å². The summed E-state index contributed by atoms with van der Waals surface area (Å²) in [5, 5.41) is 4.80. The molecule has 1 aliphatic heterocycles. The van der Waals surface area contributed by atoms with Crippen LogP contribution in [0.3, 0.4) is 0 Å². The van der Waals surface area contributed by atoms with Gasteiger partial charge in [-0.3, -0.25) is 4.72 Å². The predicted molar refractivity (Wildman–Crippen MR) is 137 cm³/mol. The number of methoxy groups -OCH3 is 1. The molecule has 0 saturated carbocycles. The number of sulfonamides is 2. The molecule has 3 aromatic carbocycles. The van der Waals surface area contributed by atoms with Crippen LogP contribution in [-0.2, 0) is 20.0 Å². The van der Waals surface area contributed by atoms with Crippen molar-refractivity contribution in [2.24, 2.45) is 5.10 Å². The van der Waals surface area contributed by atoms with Crippen molar-refractivity contribution < 1.29 is 21.6 Å². The van der Waals surface area contributed by atoms with Gasteiger partial charge in [0.2, 0.25) is 10.0 Å². The molecular formula is C24H24ClN3O5S2. The number of ether oxygens (including phenoxy) is 1. The maximum Gasteiger partial charge on any atom is 0.279 e. The van der Waals surface area contributed by atoms with Crippen molar-refractivity contribution in [3.63, 3.8) is 0 Å². The monoisotopic (exact) mass is 533 g/mol. The van der Waals surface area contributed by atoms with E-state index in [-0.39, 0.29) is 17.1 Å². The molecule has 11 heteroatoms. The fourth-order valence-electron chi connectivity index (χ4n) is 3.71. The van der Waals surface area contributed by atoms with E-state index in [1.54, 1.807) is 74.7 Å². The first-order valence-corrected chi connectivity index (χ1v) is 14.2. The quantitative estimate of drug-likeness (QED) is 0.453. The van der Waals surface area contributed by atoms with Gasteiger partial charge in [-0.15, -0.1) is 0 Å². The van der Waals surface area contributed by atoms with Crippen molar-refractivity contribution in [2.75, 3.05) is 17.6 Å². The van der Waals surface area contributed by atoms with E-state index in [9.17, 15) is 16.8 Å². The van der Waals surface area contributed by atoms with Gasteiger partial charge in [0.25, 0.3) is 10.0 Å². The van der Waals surface area contributed by atoms with Gasteiger partial charge in [-0.25, -0.2) is 8.42 Å². The molecule has 0 aromatic heterocycles. The van der Waals surface area contributed by atoms with Crippen molar-refractivity contribution in [2.45, 2.75) is 24.3 Å². The highest BCUT2D eigenvalue weighted by molar-refractivity contribution is 7.92. The van der Waals surface area contributed by atoms with Crippen LogP contribution in [0, 0.1) is 0 Å². The van der Waals surface area contributed by atoms with E-state index in [0.717, 1.165) is 9.98 Å². The highest BCUT2D eigenvalue weighted by Gasteiger charge is 2.38. The lowest BCUT2D eigenvalue weighted by atomic mass is 9.99. The highest BCUT2D eigenvalue weighted by atomic mass is 35.5. The average molecular weight is 534 g/mol. The number of nitrogens with zero attached hydrogens (tertiary/aromatic N) is 2. The second kappa shape index (κ2) is 9.88. The summed E-state index contributed by atoms with van der Waals surface area (Å²) in [5.41, 5.74) is 2.24. The highest BCUT2D eigenvalue weighted by Crippen LogP contribution is 2.38. The van der Waals surface area contributed by atoms with Crippen LogP contribution in [0.5, 0.6) is 5.75 Å². The fourth-order valence-corrected chi connectivity index (χ4v) is 6.07. The first-order valence-electron chi connectivity index (χ1n) is 10.8. The predicted octanol–water partition coefficient (Wildman–Crippen LogP) is 4.65. The number of hydrogen-bond donors (Lipinski definition) is 1. The molecule has 0 saturated heterocycles. The van der Waals surface area contributed by atoms with Gasteiger partial charge in [-0.05, 0) is 60.5 Å². The number of benzene rings is 3. The molecule has 0 aliphatic carbocycles. The Labute approximate surface area is 210 Å². The second-order valence-electron chi connectivity index (χ2n) is 7.86. The molecule has 0 bridgehead atoms. The molecule has 0 unspecified atom stereocenters. The van der Waals surface area contributed by atoms with E-state index >= 15 is 0 Å². The zero-order valence-corrected chi connectivity index (χ0v) is 21.4. The topological polar surface area (TPSA) is 105 Å². The van der Waals surface area contributed by atoms with Crippen LogP contribution in [0.4, 0.5) is 5.69 Å². The Morgan fingerprint density at radius 1 is 1.03 bits per heavy atom. The molecule has 184 valence electrons. The van der Waals surface area contributed by atoms with Crippen molar-refractivity contribution in [3.05, 3.63) is 88.9 Å². The number of rotatable bonds is 8. The molecule has 8 nitrogen and oxygen atoms in total. The molecule has 1 aliphatic rings. The number of anilines is 1. The van der Waals surface area contributed by atoms with E-state index in [1.807, 2.05) is 0 Å². The Bertz CT molecular complexity index is 1470. The van der Waals surface area contributed by atoms with Crippen LogP contribution in [0.25, 0.3) is 0 Å². The standard InChI is InChI=1S/C24H24ClN3O5S2/c1-3-34(29,30)27-20-8-4-6-18(14-20)23-16-24(17-10-12-21(33-2)13-11-17)28(26-23)35(31,32)22-9-5-7-19(25)15-22/h4-15,24,27H,3,16H2,1-2H3/t24-/m0/s1. The lowest BCUT2D eigenvalue weighted by molar-refractivity contribution is 0.370. The summed E-state index contributed by atoms with van der Waals surface area (Å²) in [6, 6.07) is 19.3. The molecule has 0 fully saturated rings. The lowest BCUT2D eigenvalue weighted by Crippen LogP contribution is -2.27. The van der Waals surface area contributed by atoms with Crippen molar-refractivity contribution in [1.29, 1.82) is 0 Å². The largest absolute Gasteiger partial charge is 0.497 e. The summed E-state index contributed by atoms with van der Waals surface area (Å²) in [5.74, 6) is 0.580. The van der Waals surface area contributed by atoms with Gasteiger partial charge in [0, 0.05) is 17.1 Å². The molecule has 1 N–H and O–H groups in total. The molecule has 35 heavy (non-hydrogen) atoms. The van der Waals surface area contributed by atoms with E-state index in [2.05, 4.69) is 9.82 Å². The SMILES string of the molecule is CCS(=O)(=O)Nc1cccc(C2=NN(S(=O)(=O)c3cccc(Cl)c3)[C@H](c3ccc(OC)cc3)C2)c1. The Kier molecular flexibility index (Phi) is 7.07. The molecule has 4 rings (SSSR count). The Hall–Kier alpha value is -3.08. The van der Waals surface area contributed by atoms with Gasteiger partial charge in [-0.2, -0.15) is 17.9 Å². The van der Waals surface area contributed by atoms with Crippen LogP contribution >= 0.6 is 11.6 Å². The van der Waals surface area contributed by atoms with E-state index in [1.165, 1.54) is 12.1 Å². The zero-order chi connectivity index (χ0) is 25.2. The number of halogens is 1. The molecule has 3 aromatic rings. The second-order valence-corrected chi connectivity index (χ2v) is 12.1. The maximum atomic E-state index is 13.6. The first-order chi connectivity index (χ1) is 16.6. The molecule has 1 atom stereocenters. The summed E-state index contributed by atoms with van der Waals surface area (Å²) in [7, 11) is -5.95. The smallest absolute Gasteiger partial charge is 0.279 e. The minimum atomic E-state index is -4.04. The van der Waals surface area contributed by atoms with Crippen LogP contribution in [0.1, 0.15) is 30.5 Å².